The fourth-order valence-corrected chi connectivity index (χ4v) is 4.66. The van der Waals surface area contributed by atoms with Gasteiger partial charge < -0.3 is 14.6 Å². The Kier molecular flexibility index (Phi) is 6.23. The number of halogens is 1. The van der Waals surface area contributed by atoms with E-state index in [1.165, 1.54) is 22.4 Å². The van der Waals surface area contributed by atoms with Crippen molar-refractivity contribution in [3.63, 3.8) is 0 Å². The van der Waals surface area contributed by atoms with Crippen molar-refractivity contribution in [3.8, 4) is 0 Å². The number of carbonyl (C=O) groups is 3. The number of carboxylic acids is 1. The number of benzene rings is 1. The average molecular weight is 469 g/mol. The molecule has 0 saturated carbocycles. The summed E-state index contributed by atoms with van der Waals surface area (Å²) >= 11 is 6.36. The summed E-state index contributed by atoms with van der Waals surface area (Å²) in [6.07, 6.45) is 1.53. The molecule has 1 aromatic carbocycles. The molecule has 2 aromatic heterocycles. The molecule has 4 rings (SSSR count). The van der Waals surface area contributed by atoms with E-state index >= 15 is 0 Å². The predicted molar refractivity (Wildman–Crippen MR) is 125 cm³/mol. The molecule has 0 aliphatic carbocycles. The topological polar surface area (TPSA) is 95.7 Å². The standard InChI is InChI=1S/C24H25ClN4O4/c1-14-11-29(15(2)10-28(14)12-16-7-5-4-6-8-16)23(31)18-9-17-19(26-22(18)25)13-27(3)20(17)21(30)24(32)33/h4-9,13-15H,10-12H2,1-3H3,(H,32,33)/t14-,15+/m0/s1. The van der Waals surface area contributed by atoms with Gasteiger partial charge in [0.15, 0.2) is 0 Å². The number of aliphatic carboxylic acids is 1. The molecular formula is C24H25ClN4O4. The molecule has 3 heterocycles. The van der Waals surface area contributed by atoms with Crippen LogP contribution in [0.1, 0.15) is 40.3 Å². The number of aryl methyl sites for hydroxylation is 1. The Hall–Kier alpha value is -3.23. The van der Waals surface area contributed by atoms with E-state index in [4.69, 9.17) is 11.6 Å². The van der Waals surface area contributed by atoms with Gasteiger partial charge >= 0.3 is 5.97 Å². The van der Waals surface area contributed by atoms with Crippen molar-refractivity contribution in [2.45, 2.75) is 32.5 Å². The van der Waals surface area contributed by atoms with Crippen LogP contribution >= 0.6 is 11.6 Å². The third kappa shape index (κ3) is 4.36. The monoisotopic (exact) mass is 468 g/mol. The van der Waals surface area contributed by atoms with E-state index in [2.05, 4.69) is 28.9 Å². The molecule has 9 heteroatoms. The van der Waals surface area contributed by atoms with Crippen molar-refractivity contribution in [3.05, 3.63) is 64.6 Å². The van der Waals surface area contributed by atoms with E-state index in [-0.39, 0.29) is 34.4 Å². The van der Waals surface area contributed by atoms with Gasteiger partial charge in [0.1, 0.15) is 10.8 Å². The van der Waals surface area contributed by atoms with Gasteiger partial charge in [-0.15, -0.1) is 0 Å². The normalized spacial score (nSPS) is 19.1. The Labute approximate surface area is 196 Å². The lowest BCUT2D eigenvalue weighted by molar-refractivity contribution is -0.131. The molecule has 3 aromatic rings. The third-order valence-electron chi connectivity index (χ3n) is 6.17. The second kappa shape index (κ2) is 8.96. The van der Waals surface area contributed by atoms with Gasteiger partial charge in [-0.05, 0) is 25.5 Å². The zero-order valence-electron chi connectivity index (χ0n) is 18.7. The van der Waals surface area contributed by atoms with E-state index in [0.29, 0.717) is 24.0 Å². The molecule has 1 amide bonds. The van der Waals surface area contributed by atoms with E-state index in [1.54, 1.807) is 11.9 Å². The molecule has 1 saturated heterocycles. The summed E-state index contributed by atoms with van der Waals surface area (Å²) in [5, 5.41) is 9.50. The van der Waals surface area contributed by atoms with Crippen LogP contribution in [0.2, 0.25) is 5.15 Å². The van der Waals surface area contributed by atoms with Crippen LogP contribution in [0.4, 0.5) is 0 Å². The highest BCUT2D eigenvalue weighted by Gasteiger charge is 2.34. The van der Waals surface area contributed by atoms with Crippen molar-refractivity contribution < 1.29 is 19.5 Å². The molecule has 0 unspecified atom stereocenters. The summed E-state index contributed by atoms with van der Waals surface area (Å²) in [7, 11) is 1.56. The molecular weight excluding hydrogens is 444 g/mol. The molecule has 1 fully saturated rings. The SMILES string of the molecule is C[C@@H]1CN(Cc2ccccc2)[C@@H](C)CN1C(=O)c1cc2c(C(=O)C(=O)O)n(C)cc2nc1Cl. The number of aromatic nitrogens is 2. The van der Waals surface area contributed by atoms with Crippen LogP contribution < -0.4 is 0 Å². The quantitative estimate of drug-likeness (QED) is 0.351. The maximum atomic E-state index is 13.5. The van der Waals surface area contributed by atoms with Crippen LogP contribution in [-0.4, -0.2) is 67.3 Å². The summed E-state index contributed by atoms with van der Waals surface area (Å²) in [5.41, 5.74) is 1.70. The van der Waals surface area contributed by atoms with E-state index in [1.807, 2.05) is 25.1 Å². The number of carboxylic acid groups (broad SMARTS) is 1. The molecule has 2 atom stereocenters. The second-order valence-corrected chi connectivity index (χ2v) is 8.91. The predicted octanol–water partition coefficient (Wildman–Crippen LogP) is 3.23. The van der Waals surface area contributed by atoms with Crippen molar-refractivity contribution >= 4 is 40.2 Å². The zero-order chi connectivity index (χ0) is 23.9. The summed E-state index contributed by atoms with van der Waals surface area (Å²) < 4.78 is 1.39. The number of nitrogens with zero attached hydrogens (tertiary/aromatic N) is 4. The minimum Gasteiger partial charge on any atom is -0.475 e. The van der Waals surface area contributed by atoms with Crippen LogP contribution in [0.3, 0.4) is 0 Å². The van der Waals surface area contributed by atoms with Crippen LogP contribution in [0.25, 0.3) is 10.9 Å². The number of amides is 1. The fourth-order valence-electron chi connectivity index (χ4n) is 4.44. The summed E-state index contributed by atoms with van der Waals surface area (Å²) in [6.45, 7) is 6.08. The Morgan fingerprint density at radius 1 is 1.12 bits per heavy atom. The third-order valence-corrected chi connectivity index (χ3v) is 6.46. The van der Waals surface area contributed by atoms with Gasteiger partial charge in [0.05, 0.1) is 11.1 Å². The Morgan fingerprint density at radius 3 is 2.48 bits per heavy atom. The van der Waals surface area contributed by atoms with Gasteiger partial charge in [0.2, 0.25) is 0 Å². The second-order valence-electron chi connectivity index (χ2n) is 8.55. The Balaban J connectivity index is 1.62. The first kappa shape index (κ1) is 22.9. The van der Waals surface area contributed by atoms with E-state index < -0.39 is 11.8 Å². The first-order valence-electron chi connectivity index (χ1n) is 10.7. The summed E-state index contributed by atoms with van der Waals surface area (Å²) in [5.74, 6) is -2.92. The number of fused-ring (bicyclic) bond motifs is 1. The minimum absolute atomic E-state index is 0.0268. The Morgan fingerprint density at radius 2 is 1.82 bits per heavy atom. The molecule has 0 bridgehead atoms. The largest absolute Gasteiger partial charge is 0.475 e. The van der Waals surface area contributed by atoms with Gasteiger partial charge in [0.25, 0.3) is 11.7 Å². The van der Waals surface area contributed by atoms with Crippen LogP contribution in [0.15, 0.2) is 42.6 Å². The fraction of sp³-hybridized carbons (Fsp3) is 0.333. The smallest absolute Gasteiger partial charge is 0.378 e. The number of carbonyl (C=O) groups excluding carboxylic acids is 2. The summed E-state index contributed by atoms with van der Waals surface area (Å²) in [6, 6.07) is 11.7. The molecule has 33 heavy (non-hydrogen) atoms. The van der Waals surface area contributed by atoms with Gasteiger partial charge in [-0.3, -0.25) is 14.5 Å². The zero-order valence-corrected chi connectivity index (χ0v) is 19.4. The van der Waals surface area contributed by atoms with Gasteiger partial charge in [-0.1, -0.05) is 41.9 Å². The maximum Gasteiger partial charge on any atom is 0.378 e. The van der Waals surface area contributed by atoms with E-state index in [0.717, 1.165) is 6.54 Å². The highest BCUT2D eigenvalue weighted by Crippen LogP contribution is 2.28. The molecule has 1 aliphatic rings. The number of ketones is 1. The van der Waals surface area contributed by atoms with Crippen LogP contribution in [0.5, 0.6) is 0 Å². The molecule has 1 aliphatic heterocycles. The number of Topliss-reactive ketones (excluding diaryl/α,β-unsaturated/α-hetero) is 1. The number of rotatable bonds is 5. The maximum absolute atomic E-state index is 13.5. The lowest BCUT2D eigenvalue weighted by Gasteiger charge is -2.44. The van der Waals surface area contributed by atoms with Crippen molar-refractivity contribution in [1.82, 2.24) is 19.4 Å². The average Bonchev–Trinajstić information content (AvgIpc) is 3.09. The van der Waals surface area contributed by atoms with Crippen molar-refractivity contribution in [1.29, 1.82) is 0 Å². The molecule has 0 radical (unpaired) electrons. The molecule has 8 nitrogen and oxygen atoms in total. The minimum atomic E-state index is -1.57. The van der Waals surface area contributed by atoms with Gasteiger partial charge in [-0.25, -0.2) is 9.78 Å². The van der Waals surface area contributed by atoms with Crippen LogP contribution in [-0.2, 0) is 18.4 Å². The van der Waals surface area contributed by atoms with Crippen LogP contribution in [0, 0.1) is 0 Å². The van der Waals surface area contributed by atoms with Gasteiger partial charge in [0, 0.05) is 50.3 Å². The lowest BCUT2D eigenvalue weighted by Crippen LogP contribution is -2.57. The summed E-state index contributed by atoms with van der Waals surface area (Å²) in [4.78, 5) is 45.3. The Bertz CT molecular complexity index is 1240. The molecule has 1 N–H and O–H groups in total. The number of pyridine rings is 1. The molecule has 0 spiro atoms. The first-order chi connectivity index (χ1) is 15.7. The lowest BCUT2D eigenvalue weighted by atomic mass is 10.0. The van der Waals surface area contributed by atoms with Crippen molar-refractivity contribution in [2.75, 3.05) is 13.1 Å². The van der Waals surface area contributed by atoms with Crippen molar-refractivity contribution in [2.24, 2.45) is 7.05 Å². The number of hydrogen-bond donors (Lipinski definition) is 1. The number of piperazine rings is 1. The first-order valence-corrected chi connectivity index (χ1v) is 11.1. The molecule has 172 valence electrons. The highest BCUT2D eigenvalue weighted by atomic mass is 35.5. The van der Waals surface area contributed by atoms with Gasteiger partial charge in [-0.2, -0.15) is 0 Å². The number of hydrogen-bond acceptors (Lipinski definition) is 5. The highest BCUT2D eigenvalue weighted by molar-refractivity contribution is 6.42. The van der Waals surface area contributed by atoms with E-state index in [9.17, 15) is 19.5 Å².